The fraction of sp³-hybridized carbons (Fsp3) is 0.714. The average molecular weight is 266 g/mol. The van der Waals surface area contributed by atoms with Crippen molar-refractivity contribution in [1.82, 2.24) is 10.2 Å². The second-order valence-electron chi connectivity index (χ2n) is 5.52. The number of amides is 2. The molecule has 1 aliphatic heterocycles. The van der Waals surface area contributed by atoms with E-state index in [1.54, 1.807) is 4.90 Å². The van der Waals surface area contributed by atoms with E-state index in [0.29, 0.717) is 32.4 Å². The molecule has 0 spiro atoms. The van der Waals surface area contributed by atoms with Gasteiger partial charge in [-0.25, -0.2) is 4.79 Å². The van der Waals surface area contributed by atoms with E-state index in [1.807, 2.05) is 6.92 Å². The molecule has 0 bridgehead atoms. The molecule has 106 valence electrons. The number of hydrogen-bond acceptors (Lipinski definition) is 2. The van der Waals surface area contributed by atoms with Crippen LogP contribution in [0.2, 0.25) is 0 Å². The molecule has 5 nitrogen and oxygen atoms in total. The maximum Gasteiger partial charge on any atom is 0.317 e. The van der Waals surface area contributed by atoms with Crippen LogP contribution in [0.3, 0.4) is 0 Å². The highest BCUT2D eigenvalue weighted by molar-refractivity contribution is 5.77. The Morgan fingerprint density at radius 1 is 1.32 bits per heavy atom. The highest BCUT2D eigenvalue weighted by atomic mass is 16.4. The Morgan fingerprint density at radius 2 is 1.89 bits per heavy atom. The maximum absolute atomic E-state index is 12.1. The van der Waals surface area contributed by atoms with Gasteiger partial charge in [0.15, 0.2) is 0 Å². The first kappa shape index (κ1) is 13.9. The largest absolute Gasteiger partial charge is 0.481 e. The van der Waals surface area contributed by atoms with Gasteiger partial charge < -0.3 is 15.3 Å². The second-order valence-corrected chi connectivity index (χ2v) is 5.52. The minimum atomic E-state index is -0.727. The molecular formula is C14H22N2O3. The van der Waals surface area contributed by atoms with Gasteiger partial charge in [-0.05, 0) is 32.1 Å². The Bertz CT molecular complexity index is 376. The number of carboxylic acids is 1. The first-order valence-corrected chi connectivity index (χ1v) is 7.01. The molecule has 1 aliphatic carbocycles. The average Bonchev–Trinajstić information content (AvgIpc) is 2.91. The standard InChI is InChI=1S/C14H22N2O3/c1-2-14(12(17)18)7-9-16(10-8-14)13(19)15-11-5-3-4-6-11/h3-4,11H,2,5-10H2,1H3,(H,15,19)(H,17,18). The zero-order chi connectivity index (χ0) is 13.9. The summed E-state index contributed by atoms with van der Waals surface area (Å²) in [6.07, 6.45) is 7.68. The molecule has 2 rings (SSSR count). The van der Waals surface area contributed by atoms with Gasteiger partial charge in [-0.1, -0.05) is 19.1 Å². The lowest BCUT2D eigenvalue weighted by Gasteiger charge is -2.38. The number of likely N-dealkylation sites (tertiary alicyclic amines) is 1. The zero-order valence-corrected chi connectivity index (χ0v) is 11.4. The number of carbonyl (C=O) groups is 2. The smallest absolute Gasteiger partial charge is 0.317 e. The molecule has 1 heterocycles. The van der Waals surface area contributed by atoms with Gasteiger partial charge in [-0.3, -0.25) is 4.79 Å². The summed E-state index contributed by atoms with van der Waals surface area (Å²) in [6.45, 7) is 2.98. The van der Waals surface area contributed by atoms with Crippen LogP contribution in [0.4, 0.5) is 4.79 Å². The Kier molecular flexibility index (Phi) is 4.12. The molecule has 5 heteroatoms. The third kappa shape index (κ3) is 2.91. The van der Waals surface area contributed by atoms with Crippen molar-refractivity contribution in [3.63, 3.8) is 0 Å². The SMILES string of the molecule is CCC1(C(=O)O)CCN(C(=O)NC2CC=CC2)CC1. The predicted octanol–water partition coefficient (Wildman–Crippen LogP) is 1.99. The Balaban J connectivity index is 1.85. The summed E-state index contributed by atoms with van der Waals surface area (Å²) in [4.78, 5) is 25.1. The molecule has 1 fully saturated rings. The van der Waals surface area contributed by atoms with Crippen molar-refractivity contribution in [2.45, 2.75) is 45.1 Å². The topological polar surface area (TPSA) is 69.6 Å². The van der Waals surface area contributed by atoms with E-state index in [2.05, 4.69) is 17.5 Å². The summed E-state index contributed by atoms with van der Waals surface area (Å²) in [7, 11) is 0. The minimum absolute atomic E-state index is 0.0520. The molecule has 0 aromatic carbocycles. The molecule has 0 unspecified atom stereocenters. The Labute approximate surface area is 113 Å². The summed E-state index contributed by atoms with van der Waals surface area (Å²) in [6, 6.07) is 0.161. The summed E-state index contributed by atoms with van der Waals surface area (Å²) in [5.74, 6) is -0.727. The van der Waals surface area contributed by atoms with Crippen LogP contribution in [-0.4, -0.2) is 41.1 Å². The first-order valence-electron chi connectivity index (χ1n) is 7.01. The lowest BCUT2D eigenvalue weighted by Crippen LogP contribution is -2.51. The number of carboxylic acid groups (broad SMARTS) is 1. The zero-order valence-electron chi connectivity index (χ0n) is 11.4. The number of aliphatic carboxylic acids is 1. The minimum Gasteiger partial charge on any atom is -0.481 e. The summed E-state index contributed by atoms with van der Waals surface area (Å²) < 4.78 is 0. The highest BCUT2D eigenvalue weighted by Gasteiger charge is 2.40. The van der Waals surface area contributed by atoms with E-state index in [1.165, 1.54) is 0 Å². The van der Waals surface area contributed by atoms with Gasteiger partial charge in [0.1, 0.15) is 0 Å². The third-order valence-electron chi connectivity index (χ3n) is 4.47. The van der Waals surface area contributed by atoms with Crippen LogP contribution in [0.15, 0.2) is 12.2 Å². The van der Waals surface area contributed by atoms with E-state index in [0.717, 1.165) is 12.8 Å². The molecule has 0 aromatic heterocycles. The fourth-order valence-electron chi connectivity index (χ4n) is 2.86. The van der Waals surface area contributed by atoms with Gasteiger partial charge in [0.05, 0.1) is 5.41 Å². The van der Waals surface area contributed by atoms with E-state index in [-0.39, 0.29) is 12.1 Å². The van der Waals surface area contributed by atoms with Crippen molar-refractivity contribution in [2.24, 2.45) is 5.41 Å². The van der Waals surface area contributed by atoms with Gasteiger partial charge in [0.2, 0.25) is 0 Å². The molecule has 2 amide bonds. The van der Waals surface area contributed by atoms with Crippen molar-refractivity contribution in [3.05, 3.63) is 12.2 Å². The molecule has 0 atom stereocenters. The summed E-state index contributed by atoms with van der Waals surface area (Å²) in [5, 5.41) is 12.3. The van der Waals surface area contributed by atoms with E-state index >= 15 is 0 Å². The Morgan fingerprint density at radius 3 is 2.37 bits per heavy atom. The molecule has 0 saturated carbocycles. The van der Waals surface area contributed by atoms with Crippen molar-refractivity contribution in [1.29, 1.82) is 0 Å². The molecule has 1 saturated heterocycles. The van der Waals surface area contributed by atoms with Crippen molar-refractivity contribution < 1.29 is 14.7 Å². The maximum atomic E-state index is 12.1. The van der Waals surface area contributed by atoms with Crippen LogP contribution in [0.25, 0.3) is 0 Å². The van der Waals surface area contributed by atoms with Crippen LogP contribution in [0.1, 0.15) is 39.0 Å². The normalized spacial score (nSPS) is 22.5. The molecule has 2 aliphatic rings. The van der Waals surface area contributed by atoms with Crippen LogP contribution >= 0.6 is 0 Å². The van der Waals surface area contributed by atoms with E-state index in [4.69, 9.17) is 0 Å². The number of nitrogens with one attached hydrogen (secondary N) is 1. The number of carbonyl (C=O) groups excluding carboxylic acids is 1. The second kappa shape index (κ2) is 5.63. The fourth-order valence-corrected chi connectivity index (χ4v) is 2.86. The predicted molar refractivity (Wildman–Crippen MR) is 71.9 cm³/mol. The molecular weight excluding hydrogens is 244 g/mol. The third-order valence-corrected chi connectivity index (χ3v) is 4.47. The van der Waals surface area contributed by atoms with Crippen LogP contribution < -0.4 is 5.32 Å². The number of urea groups is 1. The highest BCUT2D eigenvalue weighted by Crippen LogP contribution is 2.35. The molecule has 0 radical (unpaired) electrons. The van der Waals surface area contributed by atoms with Gasteiger partial charge in [-0.2, -0.15) is 0 Å². The van der Waals surface area contributed by atoms with Crippen LogP contribution in [0, 0.1) is 5.41 Å². The number of rotatable bonds is 3. The van der Waals surface area contributed by atoms with Crippen LogP contribution in [0.5, 0.6) is 0 Å². The van der Waals surface area contributed by atoms with Gasteiger partial charge in [-0.15, -0.1) is 0 Å². The van der Waals surface area contributed by atoms with Crippen molar-refractivity contribution in [2.75, 3.05) is 13.1 Å². The molecule has 0 aromatic rings. The molecule has 2 N–H and O–H groups in total. The first-order chi connectivity index (χ1) is 9.07. The van der Waals surface area contributed by atoms with Crippen molar-refractivity contribution in [3.8, 4) is 0 Å². The van der Waals surface area contributed by atoms with Crippen molar-refractivity contribution >= 4 is 12.0 Å². The summed E-state index contributed by atoms with van der Waals surface area (Å²) >= 11 is 0. The van der Waals surface area contributed by atoms with E-state index in [9.17, 15) is 14.7 Å². The Hall–Kier alpha value is -1.52. The lowest BCUT2D eigenvalue weighted by atomic mass is 9.76. The number of piperidine rings is 1. The number of hydrogen-bond donors (Lipinski definition) is 2. The van der Waals surface area contributed by atoms with Gasteiger partial charge in [0.25, 0.3) is 0 Å². The van der Waals surface area contributed by atoms with Gasteiger partial charge >= 0.3 is 12.0 Å². The van der Waals surface area contributed by atoms with Gasteiger partial charge in [0, 0.05) is 19.1 Å². The molecule has 19 heavy (non-hydrogen) atoms. The van der Waals surface area contributed by atoms with E-state index < -0.39 is 11.4 Å². The quantitative estimate of drug-likeness (QED) is 0.767. The summed E-state index contributed by atoms with van der Waals surface area (Å²) in [5.41, 5.74) is -0.633. The number of nitrogens with zero attached hydrogens (tertiary/aromatic N) is 1. The van der Waals surface area contributed by atoms with Crippen LogP contribution in [-0.2, 0) is 4.79 Å². The lowest BCUT2D eigenvalue weighted by molar-refractivity contribution is -0.151. The monoisotopic (exact) mass is 266 g/mol.